The van der Waals surface area contributed by atoms with Gasteiger partial charge in [-0.15, -0.1) is 0 Å². The van der Waals surface area contributed by atoms with Gasteiger partial charge in [0.1, 0.15) is 0 Å². The summed E-state index contributed by atoms with van der Waals surface area (Å²) in [5.74, 6) is -0.297. The molecule has 0 aromatic heterocycles. The molecule has 2 atom stereocenters. The van der Waals surface area contributed by atoms with Crippen molar-refractivity contribution in [3.63, 3.8) is 0 Å². The molecule has 2 aromatic rings. The number of benzene rings is 2. The fourth-order valence-corrected chi connectivity index (χ4v) is 3.34. The summed E-state index contributed by atoms with van der Waals surface area (Å²) in [7, 11) is 0. The highest BCUT2D eigenvalue weighted by Gasteiger charge is 2.22. The largest absolute Gasteiger partial charge is 0.372 e. The van der Waals surface area contributed by atoms with Gasteiger partial charge in [0.25, 0.3) is 5.91 Å². The highest BCUT2D eigenvalue weighted by atomic mass is 16.5. The van der Waals surface area contributed by atoms with E-state index in [-0.39, 0.29) is 24.0 Å². The van der Waals surface area contributed by atoms with Gasteiger partial charge in [-0.05, 0) is 56.3 Å². The Morgan fingerprint density at radius 3 is 2.32 bits per heavy atom. The smallest absolute Gasteiger partial charge is 0.255 e. The van der Waals surface area contributed by atoms with Gasteiger partial charge in [-0.2, -0.15) is 0 Å². The molecule has 0 saturated carbocycles. The molecule has 3 rings (SSSR count). The molecular formula is C22H27N3O3. The van der Waals surface area contributed by atoms with Crippen LogP contribution < -0.4 is 15.5 Å². The van der Waals surface area contributed by atoms with Gasteiger partial charge >= 0.3 is 0 Å². The molecule has 0 bridgehead atoms. The van der Waals surface area contributed by atoms with Crippen LogP contribution in [0.4, 0.5) is 17.1 Å². The third kappa shape index (κ3) is 5.10. The number of anilines is 3. The van der Waals surface area contributed by atoms with Gasteiger partial charge in [-0.3, -0.25) is 9.59 Å². The molecule has 1 saturated heterocycles. The fraction of sp³-hybridized carbons (Fsp3) is 0.364. The molecule has 2 unspecified atom stereocenters. The number of hydrogen-bond acceptors (Lipinski definition) is 4. The number of nitrogens with zero attached hydrogens (tertiary/aromatic N) is 1. The van der Waals surface area contributed by atoms with Crippen molar-refractivity contribution in [1.29, 1.82) is 0 Å². The molecular weight excluding hydrogens is 354 g/mol. The lowest BCUT2D eigenvalue weighted by atomic mass is 10.1. The number of hydrogen-bond donors (Lipinski definition) is 2. The first-order chi connectivity index (χ1) is 13.4. The Morgan fingerprint density at radius 1 is 1.00 bits per heavy atom. The van der Waals surface area contributed by atoms with Crippen molar-refractivity contribution in [3.05, 3.63) is 54.1 Å². The number of ether oxygens (including phenoxy) is 1. The minimum atomic E-state index is -0.214. The monoisotopic (exact) mass is 381 g/mol. The van der Waals surface area contributed by atoms with Crippen LogP contribution >= 0.6 is 0 Å². The van der Waals surface area contributed by atoms with Gasteiger partial charge in [-0.1, -0.05) is 13.0 Å². The quantitative estimate of drug-likeness (QED) is 0.824. The fourth-order valence-electron chi connectivity index (χ4n) is 3.34. The number of morpholine rings is 1. The highest BCUT2D eigenvalue weighted by Crippen LogP contribution is 2.23. The van der Waals surface area contributed by atoms with Crippen molar-refractivity contribution in [2.24, 2.45) is 0 Å². The second-order valence-electron chi connectivity index (χ2n) is 7.15. The highest BCUT2D eigenvalue weighted by molar-refractivity contribution is 6.05. The van der Waals surface area contributed by atoms with Crippen LogP contribution in [0.2, 0.25) is 0 Å². The summed E-state index contributed by atoms with van der Waals surface area (Å²) >= 11 is 0. The van der Waals surface area contributed by atoms with E-state index >= 15 is 0 Å². The van der Waals surface area contributed by atoms with Gasteiger partial charge in [0, 0.05) is 42.1 Å². The average Bonchev–Trinajstić information content (AvgIpc) is 2.68. The van der Waals surface area contributed by atoms with Gasteiger partial charge in [-0.25, -0.2) is 0 Å². The van der Waals surface area contributed by atoms with Gasteiger partial charge in [0.2, 0.25) is 5.91 Å². The van der Waals surface area contributed by atoms with E-state index in [0.29, 0.717) is 17.7 Å². The normalized spacial score (nSPS) is 19.2. The van der Waals surface area contributed by atoms with E-state index in [0.717, 1.165) is 24.5 Å². The molecule has 2 aromatic carbocycles. The van der Waals surface area contributed by atoms with E-state index in [9.17, 15) is 9.59 Å². The molecule has 148 valence electrons. The molecule has 1 aliphatic heterocycles. The third-order valence-electron chi connectivity index (χ3n) is 4.64. The summed E-state index contributed by atoms with van der Waals surface area (Å²) in [4.78, 5) is 26.4. The molecule has 0 spiro atoms. The predicted molar refractivity (Wildman–Crippen MR) is 112 cm³/mol. The Morgan fingerprint density at radius 2 is 1.68 bits per heavy atom. The SMILES string of the molecule is CCC(=O)Nc1cccc(C(=O)Nc2ccc(N3CC(C)OC(C)C3)cc2)c1. The minimum Gasteiger partial charge on any atom is -0.372 e. The Kier molecular flexibility index (Phi) is 6.31. The maximum Gasteiger partial charge on any atom is 0.255 e. The van der Waals surface area contributed by atoms with Gasteiger partial charge < -0.3 is 20.3 Å². The summed E-state index contributed by atoms with van der Waals surface area (Å²) < 4.78 is 5.78. The van der Waals surface area contributed by atoms with Crippen LogP contribution in [-0.2, 0) is 9.53 Å². The zero-order chi connectivity index (χ0) is 20.1. The summed E-state index contributed by atoms with van der Waals surface area (Å²) in [5.41, 5.74) is 2.95. The second kappa shape index (κ2) is 8.89. The zero-order valence-electron chi connectivity index (χ0n) is 16.6. The lowest BCUT2D eigenvalue weighted by Crippen LogP contribution is -2.45. The maximum atomic E-state index is 12.5. The van der Waals surface area contributed by atoms with Crippen LogP contribution in [0, 0.1) is 0 Å². The lowest BCUT2D eigenvalue weighted by Gasteiger charge is -2.36. The molecule has 2 amide bonds. The lowest BCUT2D eigenvalue weighted by molar-refractivity contribution is -0.115. The third-order valence-corrected chi connectivity index (χ3v) is 4.64. The molecule has 6 nitrogen and oxygen atoms in total. The van der Waals surface area contributed by atoms with Crippen molar-refractivity contribution in [3.8, 4) is 0 Å². The van der Waals surface area contributed by atoms with Crippen molar-refractivity contribution < 1.29 is 14.3 Å². The first-order valence-corrected chi connectivity index (χ1v) is 9.66. The molecule has 1 aliphatic rings. The maximum absolute atomic E-state index is 12.5. The van der Waals surface area contributed by atoms with Crippen molar-refractivity contribution in [1.82, 2.24) is 0 Å². The predicted octanol–water partition coefficient (Wildman–Crippen LogP) is 3.90. The van der Waals surface area contributed by atoms with Crippen LogP contribution in [0.25, 0.3) is 0 Å². The summed E-state index contributed by atoms with van der Waals surface area (Å²) in [6.07, 6.45) is 0.788. The molecule has 1 fully saturated rings. The van der Waals surface area contributed by atoms with E-state index in [1.165, 1.54) is 0 Å². The van der Waals surface area contributed by atoms with Crippen LogP contribution in [0.1, 0.15) is 37.6 Å². The van der Waals surface area contributed by atoms with Crippen LogP contribution in [0.3, 0.4) is 0 Å². The second-order valence-corrected chi connectivity index (χ2v) is 7.15. The van der Waals surface area contributed by atoms with E-state index in [1.807, 2.05) is 24.3 Å². The molecule has 0 radical (unpaired) electrons. The van der Waals surface area contributed by atoms with Crippen molar-refractivity contribution >= 4 is 28.9 Å². The van der Waals surface area contributed by atoms with Crippen LogP contribution in [0.5, 0.6) is 0 Å². The molecule has 6 heteroatoms. The minimum absolute atomic E-state index is 0.0834. The van der Waals surface area contributed by atoms with Crippen LogP contribution in [0.15, 0.2) is 48.5 Å². The van der Waals surface area contributed by atoms with E-state index < -0.39 is 0 Å². The average molecular weight is 381 g/mol. The van der Waals surface area contributed by atoms with Gasteiger partial charge in [0.05, 0.1) is 12.2 Å². The van der Waals surface area contributed by atoms with Gasteiger partial charge in [0.15, 0.2) is 0 Å². The Bertz CT molecular complexity index is 825. The zero-order valence-corrected chi connectivity index (χ0v) is 16.6. The Labute approximate surface area is 165 Å². The Hall–Kier alpha value is -2.86. The molecule has 28 heavy (non-hydrogen) atoms. The molecule has 1 heterocycles. The summed E-state index contributed by atoms with van der Waals surface area (Å²) in [6.45, 7) is 7.65. The topological polar surface area (TPSA) is 70.7 Å². The number of carbonyl (C=O) groups excluding carboxylic acids is 2. The van der Waals surface area contributed by atoms with Crippen molar-refractivity contribution in [2.75, 3.05) is 28.6 Å². The standard InChI is InChI=1S/C22H27N3O3/c1-4-21(26)23-19-7-5-6-17(12-19)22(27)24-18-8-10-20(11-9-18)25-13-15(2)28-16(3)14-25/h5-12,15-16H,4,13-14H2,1-3H3,(H,23,26)(H,24,27). The summed E-state index contributed by atoms with van der Waals surface area (Å²) in [5, 5.41) is 5.67. The van der Waals surface area contributed by atoms with E-state index in [4.69, 9.17) is 4.74 Å². The van der Waals surface area contributed by atoms with Crippen LogP contribution in [-0.4, -0.2) is 37.1 Å². The first kappa shape index (κ1) is 19.9. The number of rotatable bonds is 5. The number of amides is 2. The van der Waals surface area contributed by atoms with E-state index in [2.05, 4.69) is 29.4 Å². The molecule has 2 N–H and O–H groups in total. The number of nitrogens with one attached hydrogen (secondary N) is 2. The summed E-state index contributed by atoms with van der Waals surface area (Å²) in [6, 6.07) is 14.8. The molecule has 0 aliphatic carbocycles. The van der Waals surface area contributed by atoms with E-state index in [1.54, 1.807) is 31.2 Å². The first-order valence-electron chi connectivity index (χ1n) is 9.66. The Balaban J connectivity index is 1.65. The van der Waals surface area contributed by atoms with Crippen molar-refractivity contribution in [2.45, 2.75) is 39.4 Å². The number of carbonyl (C=O) groups is 2.